The fourth-order valence-corrected chi connectivity index (χ4v) is 3.18. The zero-order chi connectivity index (χ0) is 14.7. The Labute approximate surface area is 120 Å². The van der Waals surface area contributed by atoms with Crippen molar-refractivity contribution in [3.63, 3.8) is 0 Å². The molecule has 0 radical (unpaired) electrons. The van der Waals surface area contributed by atoms with Crippen molar-refractivity contribution in [1.29, 1.82) is 0 Å². The van der Waals surface area contributed by atoms with Gasteiger partial charge >= 0.3 is 5.97 Å². The van der Waals surface area contributed by atoms with Crippen molar-refractivity contribution in [2.24, 2.45) is 0 Å². The molecule has 1 aromatic carbocycles. The van der Waals surface area contributed by atoms with E-state index in [9.17, 15) is 9.90 Å². The Balaban J connectivity index is 2.31. The topological polar surface area (TPSA) is 49.8 Å². The summed E-state index contributed by atoms with van der Waals surface area (Å²) in [6.07, 6.45) is 3.29. The lowest BCUT2D eigenvalue weighted by Crippen LogP contribution is -2.48. The molecule has 3 unspecified atom stereocenters. The molecular formula is C16H23NO3. The highest BCUT2D eigenvalue weighted by Gasteiger charge is 2.36. The van der Waals surface area contributed by atoms with Crippen LogP contribution < -0.4 is 4.74 Å². The highest BCUT2D eigenvalue weighted by atomic mass is 16.5. The number of benzene rings is 1. The van der Waals surface area contributed by atoms with Gasteiger partial charge in [0.1, 0.15) is 11.8 Å². The molecule has 2 rings (SSSR count). The quantitative estimate of drug-likeness (QED) is 0.919. The molecule has 0 saturated carbocycles. The summed E-state index contributed by atoms with van der Waals surface area (Å²) in [4.78, 5) is 13.9. The molecule has 4 heteroatoms. The molecule has 1 N–H and O–H groups in total. The summed E-state index contributed by atoms with van der Waals surface area (Å²) in [5, 5.41) is 9.67. The molecule has 1 saturated heterocycles. The number of likely N-dealkylation sites (tertiary alicyclic amines) is 1. The molecule has 3 atom stereocenters. The minimum absolute atomic E-state index is 0.293. The van der Waals surface area contributed by atoms with Crippen LogP contribution in [0.5, 0.6) is 5.75 Å². The summed E-state index contributed by atoms with van der Waals surface area (Å²) in [6.45, 7) is 4.24. The molecule has 0 aromatic heterocycles. The van der Waals surface area contributed by atoms with Gasteiger partial charge in [0.05, 0.1) is 7.11 Å². The van der Waals surface area contributed by atoms with E-state index in [-0.39, 0.29) is 0 Å². The number of hydrogen-bond acceptors (Lipinski definition) is 3. The second kappa shape index (κ2) is 6.27. The average molecular weight is 277 g/mol. The Kier molecular flexibility index (Phi) is 4.65. The molecule has 0 bridgehead atoms. The minimum atomic E-state index is -0.782. The van der Waals surface area contributed by atoms with Crippen LogP contribution in [0, 0.1) is 0 Å². The van der Waals surface area contributed by atoms with Crippen LogP contribution in [0.15, 0.2) is 24.3 Å². The van der Waals surface area contributed by atoms with Gasteiger partial charge in [0.25, 0.3) is 0 Å². The number of aliphatic carboxylic acids is 1. The average Bonchev–Trinajstić information content (AvgIpc) is 2.43. The smallest absolute Gasteiger partial charge is 0.325 e. The van der Waals surface area contributed by atoms with Gasteiger partial charge in [0.2, 0.25) is 0 Å². The van der Waals surface area contributed by atoms with Crippen LogP contribution in [0.3, 0.4) is 0 Å². The number of carboxylic acid groups (broad SMARTS) is 1. The number of hydrogen-bond donors (Lipinski definition) is 1. The van der Waals surface area contributed by atoms with Gasteiger partial charge in [0.15, 0.2) is 0 Å². The number of carboxylic acids is 1. The third-order valence-corrected chi connectivity index (χ3v) is 4.23. The second-order valence-electron chi connectivity index (χ2n) is 5.59. The van der Waals surface area contributed by atoms with Crippen LogP contribution >= 0.6 is 0 Å². The number of carbonyl (C=O) groups is 1. The standard InChI is InChI=1S/C16H23NO3/c1-11-5-4-6-12(2)17(11)15(16(18)19)13-7-9-14(20-3)10-8-13/h7-12,15H,4-6H2,1-3H3,(H,18,19). The molecule has 1 fully saturated rings. The number of nitrogens with zero attached hydrogens (tertiary/aromatic N) is 1. The summed E-state index contributed by atoms with van der Waals surface area (Å²) in [7, 11) is 1.61. The van der Waals surface area contributed by atoms with Crippen molar-refractivity contribution in [3.05, 3.63) is 29.8 Å². The van der Waals surface area contributed by atoms with Crippen molar-refractivity contribution in [1.82, 2.24) is 4.90 Å². The fraction of sp³-hybridized carbons (Fsp3) is 0.562. The van der Waals surface area contributed by atoms with Gasteiger partial charge in [-0.15, -0.1) is 0 Å². The van der Waals surface area contributed by atoms with Crippen LogP contribution in [0.4, 0.5) is 0 Å². The maximum atomic E-state index is 11.8. The van der Waals surface area contributed by atoms with E-state index in [0.717, 1.165) is 24.2 Å². The normalized spacial score (nSPS) is 25.1. The zero-order valence-electron chi connectivity index (χ0n) is 12.4. The Morgan fingerprint density at radius 3 is 2.25 bits per heavy atom. The van der Waals surface area contributed by atoms with E-state index < -0.39 is 12.0 Å². The van der Waals surface area contributed by atoms with Gasteiger partial charge in [-0.2, -0.15) is 0 Å². The molecule has 1 aromatic rings. The summed E-state index contributed by atoms with van der Waals surface area (Å²) in [5.41, 5.74) is 0.818. The van der Waals surface area contributed by atoms with Crippen LogP contribution in [0.1, 0.15) is 44.7 Å². The van der Waals surface area contributed by atoms with Gasteiger partial charge in [-0.05, 0) is 44.4 Å². The van der Waals surface area contributed by atoms with E-state index in [0.29, 0.717) is 12.1 Å². The van der Waals surface area contributed by atoms with Crippen molar-refractivity contribution in [3.8, 4) is 5.75 Å². The Morgan fingerprint density at radius 2 is 1.80 bits per heavy atom. The molecule has 0 aliphatic carbocycles. The lowest BCUT2D eigenvalue weighted by atomic mass is 9.92. The molecule has 0 amide bonds. The zero-order valence-corrected chi connectivity index (χ0v) is 12.4. The van der Waals surface area contributed by atoms with Crippen molar-refractivity contribution >= 4 is 5.97 Å². The molecule has 4 nitrogen and oxygen atoms in total. The molecular weight excluding hydrogens is 254 g/mol. The lowest BCUT2D eigenvalue weighted by Gasteiger charge is -2.42. The Hall–Kier alpha value is -1.55. The maximum absolute atomic E-state index is 11.8. The number of ether oxygens (including phenoxy) is 1. The van der Waals surface area contributed by atoms with E-state index in [4.69, 9.17) is 4.74 Å². The van der Waals surface area contributed by atoms with E-state index in [1.54, 1.807) is 7.11 Å². The Morgan fingerprint density at radius 1 is 1.25 bits per heavy atom. The summed E-state index contributed by atoms with van der Waals surface area (Å²) in [5.74, 6) is -0.0339. The SMILES string of the molecule is COc1ccc(C(C(=O)O)N2C(C)CCCC2C)cc1. The van der Waals surface area contributed by atoms with E-state index >= 15 is 0 Å². The number of piperidine rings is 1. The third-order valence-electron chi connectivity index (χ3n) is 4.23. The van der Waals surface area contributed by atoms with Crippen molar-refractivity contribution < 1.29 is 14.6 Å². The highest BCUT2D eigenvalue weighted by Crippen LogP contribution is 2.33. The van der Waals surface area contributed by atoms with E-state index in [1.165, 1.54) is 6.42 Å². The second-order valence-corrected chi connectivity index (χ2v) is 5.59. The van der Waals surface area contributed by atoms with Gasteiger partial charge in [-0.25, -0.2) is 0 Å². The molecule has 1 aliphatic rings. The maximum Gasteiger partial charge on any atom is 0.325 e. The van der Waals surface area contributed by atoms with Crippen molar-refractivity contribution in [2.75, 3.05) is 7.11 Å². The van der Waals surface area contributed by atoms with Gasteiger partial charge in [0, 0.05) is 12.1 Å². The third kappa shape index (κ3) is 2.96. The van der Waals surface area contributed by atoms with E-state index in [1.807, 2.05) is 24.3 Å². The molecule has 110 valence electrons. The minimum Gasteiger partial charge on any atom is -0.497 e. The first-order valence-corrected chi connectivity index (χ1v) is 7.18. The fourth-order valence-electron chi connectivity index (χ4n) is 3.18. The van der Waals surface area contributed by atoms with Crippen molar-refractivity contribution in [2.45, 2.75) is 51.2 Å². The van der Waals surface area contributed by atoms with Gasteiger partial charge in [-0.3, -0.25) is 9.69 Å². The van der Waals surface area contributed by atoms with Gasteiger partial charge < -0.3 is 9.84 Å². The Bertz CT molecular complexity index is 447. The number of methoxy groups -OCH3 is 1. The summed E-state index contributed by atoms with van der Waals surface area (Å²) in [6, 6.07) is 7.36. The summed E-state index contributed by atoms with van der Waals surface area (Å²) < 4.78 is 5.14. The predicted molar refractivity (Wildman–Crippen MR) is 78.0 cm³/mol. The van der Waals surface area contributed by atoms with Gasteiger partial charge in [-0.1, -0.05) is 18.6 Å². The molecule has 1 heterocycles. The number of rotatable bonds is 4. The van der Waals surface area contributed by atoms with Crippen LogP contribution in [0.25, 0.3) is 0 Å². The predicted octanol–water partition coefficient (Wildman–Crippen LogP) is 3.08. The van der Waals surface area contributed by atoms with Crippen LogP contribution in [-0.4, -0.2) is 35.2 Å². The molecule has 20 heavy (non-hydrogen) atoms. The molecule has 0 spiro atoms. The van der Waals surface area contributed by atoms with E-state index in [2.05, 4.69) is 18.7 Å². The first kappa shape index (κ1) is 14.9. The van der Waals surface area contributed by atoms with Crippen LogP contribution in [0.2, 0.25) is 0 Å². The first-order valence-electron chi connectivity index (χ1n) is 7.18. The van der Waals surface area contributed by atoms with Crippen LogP contribution in [-0.2, 0) is 4.79 Å². The summed E-state index contributed by atoms with van der Waals surface area (Å²) >= 11 is 0. The molecule has 1 aliphatic heterocycles. The largest absolute Gasteiger partial charge is 0.497 e. The highest BCUT2D eigenvalue weighted by molar-refractivity contribution is 5.75. The lowest BCUT2D eigenvalue weighted by molar-refractivity contribution is -0.146. The first-order chi connectivity index (χ1) is 9.54. The monoisotopic (exact) mass is 277 g/mol.